The Bertz CT molecular complexity index is 284. The molecule has 1 aliphatic carbocycles. The first kappa shape index (κ1) is 16.3. The standard InChI is InChI=1S/C17H35N3/c1-15-5-4-9-17(14-18,10-6-15)20-11-7-16(8-12-20)13-19(2)3/h15-16H,4-14,18H2,1-3H3. The number of hydrogen-bond donors (Lipinski definition) is 1. The molecule has 0 aromatic carbocycles. The molecule has 2 atom stereocenters. The Hall–Kier alpha value is -0.120. The zero-order valence-corrected chi connectivity index (χ0v) is 13.9. The Morgan fingerprint density at radius 2 is 1.80 bits per heavy atom. The van der Waals surface area contributed by atoms with Crippen LogP contribution < -0.4 is 5.73 Å². The van der Waals surface area contributed by atoms with Gasteiger partial charge < -0.3 is 10.6 Å². The normalized spacial score (nSPS) is 34.4. The molecular weight excluding hydrogens is 246 g/mol. The zero-order chi connectivity index (χ0) is 14.6. The first-order chi connectivity index (χ1) is 9.55. The van der Waals surface area contributed by atoms with Gasteiger partial charge in [0.2, 0.25) is 0 Å². The van der Waals surface area contributed by atoms with Gasteiger partial charge in [0.25, 0.3) is 0 Å². The summed E-state index contributed by atoms with van der Waals surface area (Å²) in [6.07, 6.45) is 9.50. The van der Waals surface area contributed by atoms with Crippen LogP contribution in [0, 0.1) is 11.8 Å². The lowest BCUT2D eigenvalue weighted by Crippen LogP contribution is -2.56. The van der Waals surface area contributed by atoms with Gasteiger partial charge in [-0.15, -0.1) is 0 Å². The third-order valence-corrected chi connectivity index (χ3v) is 5.73. The third kappa shape index (κ3) is 3.96. The van der Waals surface area contributed by atoms with Crippen molar-refractivity contribution in [1.82, 2.24) is 9.80 Å². The number of hydrogen-bond acceptors (Lipinski definition) is 3. The molecule has 3 heteroatoms. The van der Waals surface area contributed by atoms with E-state index in [0.29, 0.717) is 5.54 Å². The fourth-order valence-corrected chi connectivity index (χ4v) is 4.32. The van der Waals surface area contributed by atoms with Crippen molar-refractivity contribution in [3.8, 4) is 0 Å². The molecule has 3 nitrogen and oxygen atoms in total. The molecule has 2 rings (SSSR count). The molecule has 2 N–H and O–H groups in total. The highest BCUT2D eigenvalue weighted by Crippen LogP contribution is 2.36. The summed E-state index contributed by atoms with van der Waals surface area (Å²) in [7, 11) is 4.39. The van der Waals surface area contributed by atoms with Crippen LogP contribution in [0.4, 0.5) is 0 Å². The number of nitrogens with zero attached hydrogens (tertiary/aromatic N) is 2. The molecule has 2 aliphatic rings. The Kier molecular flexibility index (Phi) is 5.88. The second kappa shape index (κ2) is 7.24. The molecule has 0 radical (unpaired) electrons. The molecule has 1 saturated heterocycles. The van der Waals surface area contributed by atoms with Gasteiger partial charge in [-0.05, 0) is 71.1 Å². The maximum Gasteiger partial charge on any atom is 0.0331 e. The summed E-state index contributed by atoms with van der Waals surface area (Å²) < 4.78 is 0. The monoisotopic (exact) mass is 281 g/mol. The summed E-state index contributed by atoms with van der Waals surface area (Å²) in [5.41, 5.74) is 6.58. The minimum atomic E-state index is 0.327. The molecule has 0 spiro atoms. The lowest BCUT2D eigenvalue weighted by atomic mass is 9.84. The van der Waals surface area contributed by atoms with Crippen LogP contribution in [-0.2, 0) is 0 Å². The summed E-state index contributed by atoms with van der Waals surface area (Å²) in [5.74, 6) is 1.79. The average molecular weight is 281 g/mol. The molecule has 0 aromatic heterocycles. The Morgan fingerprint density at radius 1 is 1.10 bits per heavy atom. The van der Waals surface area contributed by atoms with Crippen LogP contribution in [0.15, 0.2) is 0 Å². The zero-order valence-electron chi connectivity index (χ0n) is 13.9. The highest BCUT2D eigenvalue weighted by Gasteiger charge is 2.38. The van der Waals surface area contributed by atoms with Gasteiger partial charge >= 0.3 is 0 Å². The van der Waals surface area contributed by atoms with Crippen LogP contribution in [0.1, 0.15) is 51.9 Å². The highest BCUT2D eigenvalue weighted by atomic mass is 15.2. The molecule has 0 amide bonds. The van der Waals surface area contributed by atoms with Gasteiger partial charge in [0, 0.05) is 18.6 Å². The van der Waals surface area contributed by atoms with Crippen LogP contribution in [-0.4, -0.2) is 55.6 Å². The smallest absolute Gasteiger partial charge is 0.0331 e. The first-order valence-electron chi connectivity index (χ1n) is 8.65. The molecule has 2 fully saturated rings. The molecular formula is C17H35N3. The van der Waals surface area contributed by atoms with Crippen molar-refractivity contribution in [2.45, 2.75) is 57.4 Å². The van der Waals surface area contributed by atoms with Crippen molar-refractivity contribution < 1.29 is 0 Å². The predicted octanol–water partition coefficient (Wildman–Crippen LogP) is 2.56. The molecule has 20 heavy (non-hydrogen) atoms. The summed E-state index contributed by atoms with van der Waals surface area (Å²) in [6, 6.07) is 0. The van der Waals surface area contributed by atoms with Crippen molar-refractivity contribution in [3.63, 3.8) is 0 Å². The molecule has 1 aliphatic heterocycles. The van der Waals surface area contributed by atoms with E-state index in [-0.39, 0.29) is 0 Å². The van der Waals surface area contributed by atoms with E-state index in [1.54, 1.807) is 0 Å². The maximum absolute atomic E-state index is 6.25. The number of piperidine rings is 1. The number of nitrogens with two attached hydrogens (primary N) is 1. The molecule has 0 bridgehead atoms. The van der Waals surface area contributed by atoms with Crippen LogP contribution in [0.3, 0.4) is 0 Å². The lowest BCUT2D eigenvalue weighted by molar-refractivity contribution is 0.0379. The van der Waals surface area contributed by atoms with Crippen LogP contribution >= 0.6 is 0 Å². The van der Waals surface area contributed by atoms with E-state index in [1.807, 2.05) is 0 Å². The SMILES string of the molecule is CC1CCCC(CN)(N2CCC(CN(C)C)CC2)CC1. The average Bonchev–Trinajstić information content (AvgIpc) is 2.62. The molecule has 1 heterocycles. The van der Waals surface area contributed by atoms with Gasteiger partial charge in [-0.25, -0.2) is 0 Å². The Balaban J connectivity index is 1.92. The highest BCUT2D eigenvalue weighted by molar-refractivity contribution is 4.95. The van der Waals surface area contributed by atoms with E-state index in [0.717, 1.165) is 18.4 Å². The van der Waals surface area contributed by atoms with Crippen molar-refractivity contribution >= 4 is 0 Å². The second-order valence-corrected chi connectivity index (χ2v) is 7.66. The fraction of sp³-hybridized carbons (Fsp3) is 1.00. The van der Waals surface area contributed by atoms with Crippen molar-refractivity contribution in [1.29, 1.82) is 0 Å². The quantitative estimate of drug-likeness (QED) is 0.804. The van der Waals surface area contributed by atoms with Gasteiger partial charge in [-0.3, -0.25) is 4.90 Å². The van der Waals surface area contributed by atoms with E-state index in [1.165, 1.54) is 64.6 Å². The van der Waals surface area contributed by atoms with E-state index < -0.39 is 0 Å². The topological polar surface area (TPSA) is 32.5 Å². The van der Waals surface area contributed by atoms with E-state index in [9.17, 15) is 0 Å². The predicted molar refractivity (Wildman–Crippen MR) is 86.9 cm³/mol. The third-order valence-electron chi connectivity index (χ3n) is 5.73. The molecule has 118 valence electrons. The molecule has 1 saturated carbocycles. The second-order valence-electron chi connectivity index (χ2n) is 7.66. The van der Waals surface area contributed by atoms with Crippen LogP contribution in [0.2, 0.25) is 0 Å². The molecule has 2 unspecified atom stereocenters. The summed E-state index contributed by atoms with van der Waals surface area (Å²) in [4.78, 5) is 5.10. The largest absolute Gasteiger partial charge is 0.329 e. The minimum absolute atomic E-state index is 0.327. The van der Waals surface area contributed by atoms with Crippen LogP contribution in [0.25, 0.3) is 0 Å². The minimum Gasteiger partial charge on any atom is -0.329 e. The van der Waals surface area contributed by atoms with Gasteiger partial charge in [-0.1, -0.05) is 19.8 Å². The number of rotatable bonds is 4. The van der Waals surface area contributed by atoms with Crippen molar-refractivity contribution in [2.24, 2.45) is 17.6 Å². The van der Waals surface area contributed by atoms with E-state index in [4.69, 9.17) is 5.73 Å². The van der Waals surface area contributed by atoms with Crippen molar-refractivity contribution in [3.05, 3.63) is 0 Å². The Labute approximate surface area is 125 Å². The van der Waals surface area contributed by atoms with Crippen LogP contribution in [0.5, 0.6) is 0 Å². The fourth-order valence-electron chi connectivity index (χ4n) is 4.32. The summed E-state index contributed by atoms with van der Waals surface area (Å²) >= 11 is 0. The van der Waals surface area contributed by atoms with E-state index >= 15 is 0 Å². The summed E-state index contributed by atoms with van der Waals surface area (Å²) in [5, 5.41) is 0. The van der Waals surface area contributed by atoms with E-state index in [2.05, 4.69) is 30.8 Å². The Morgan fingerprint density at radius 3 is 2.40 bits per heavy atom. The lowest BCUT2D eigenvalue weighted by Gasteiger charge is -2.47. The van der Waals surface area contributed by atoms with Gasteiger partial charge in [0.05, 0.1) is 0 Å². The number of likely N-dealkylation sites (tertiary alicyclic amines) is 1. The van der Waals surface area contributed by atoms with Crippen molar-refractivity contribution in [2.75, 3.05) is 40.3 Å². The van der Waals surface area contributed by atoms with Gasteiger partial charge in [-0.2, -0.15) is 0 Å². The summed E-state index contributed by atoms with van der Waals surface area (Å²) in [6.45, 7) is 7.06. The first-order valence-corrected chi connectivity index (χ1v) is 8.65. The maximum atomic E-state index is 6.25. The van der Waals surface area contributed by atoms with Gasteiger partial charge in [0.1, 0.15) is 0 Å². The molecule has 0 aromatic rings. The van der Waals surface area contributed by atoms with Gasteiger partial charge in [0.15, 0.2) is 0 Å².